The Morgan fingerprint density at radius 2 is 1.00 bits per heavy atom. The number of rotatable bonds is 6. The van der Waals surface area contributed by atoms with Crippen molar-refractivity contribution in [1.29, 1.82) is 0 Å². The van der Waals surface area contributed by atoms with Crippen LogP contribution in [0.25, 0.3) is 0 Å². The molecule has 0 saturated carbocycles. The molecule has 144 valence electrons. The second-order valence-corrected chi connectivity index (χ2v) is 6.51. The van der Waals surface area contributed by atoms with E-state index < -0.39 is 0 Å². The van der Waals surface area contributed by atoms with E-state index in [1.54, 1.807) is 77.7 Å². The van der Waals surface area contributed by atoms with Crippen molar-refractivity contribution in [3.05, 3.63) is 89.5 Å². The molecule has 0 aromatic heterocycles. The standard InChI is InChI=1S/C22H22N2O4/c25-19-7-1-16(2-8-19)13-23-22(28)24(14-17-3-9-20(26)10-4-17)15-18-5-11-21(27)12-6-18/h1-12,25-27H,13-15H2,(H,23,28). The maximum Gasteiger partial charge on any atom is 0.318 e. The summed E-state index contributed by atoms with van der Waals surface area (Å²) in [7, 11) is 0. The summed E-state index contributed by atoms with van der Waals surface area (Å²) < 4.78 is 0. The maximum atomic E-state index is 12.8. The molecule has 2 amide bonds. The summed E-state index contributed by atoms with van der Waals surface area (Å²) in [5, 5.41) is 31.2. The topological polar surface area (TPSA) is 93.0 Å². The third kappa shape index (κ3) is 5.41. The zero-order chi connectivity index (χ0) is 19.9. The largest absolute Gasteiger partial charge is 0.508 e. The number of nitrogens with zero attached hydrogens (tertiary/aromatic N) is 1. The Kier molecular flexibility index (Phi) is 6.01. The van der Waals surface area contributed by atoms with Crippen LogP contribution >= 0.6 is 0 Å². The highest BCUT2D eigenvalue weighted by Crippen LogP contribution is 2.16. The van der Waals surface area contributed by atoms with E-state index in [0.717, 1.165) is 16.7 Å². The maximum absolute atomic E-state index is 12.8. The number of benzene rings is 3. The molecule has 0 aliphatic heterocycles. The van der Waals surface area contributed by atoms with Crippen LogP contribution in [0.1, 0.15) is 16.7 Å². The highest BCUT2D eigenvalue weighted by molar-refractivity contribution is 5.74. The lowest BCUT2D eigenvalue weighted by Crippen LogP contribution is -2.38. The van der Waals surface area contributed by atoms with Gasteiger partial charge in [-0.25, -0.2) is 4.79 Å². The lowest BCUT2D eigenvalue weighted by molar-refractivity contribution is 0.192. The normalized spacial score (nSPS) is 10.4. The molecule has 3 rings (SSSR count). The average Bonchev–Trinajstić information content (AvgIpc) is 2.70. The summed E-state index contributed by atoms with van der Waals surface area (Å²) in [5.41, 5.74) is 2.65. The van der Waals surface area contributed by atoms with Crippen LogP contribution in [0, 0.1) is 0 Å². The van der Waals surface area contributed by atoms with Gasteiger partial charge in [-0.2, -0.15) is 0 Å². The van der Waals surface area contributed by atoms with Gasteiger partial charge in [-0.1, -0.05) is 36.4 Å². The first-order valence-corrected chi connectivity index (χ1v) is 8.86. The molecule has 0 aliphatic carbocycles. The fraction of sp³-hybridized carbons (Fsp3) is 0.136. The quantitative estimate of drug-likeness (QED) is 0.526. The van der Waals surface area contributed by atoms with Crippen molar-refractivity contribution in [3.63, 3.8) is 0 Å². The molecule has 0 bridgehead atoms. The van der Waals surface area contributed by atoms with Crippen molar-refractivity contribution in [1.82, 2.24) is 10.2 Å². The van der Waals surface area contributed by atoms with Crippen LogP contribution < -0.4 is 5.32 Å². The van der Waals surface area contributed by atoms with E-state index in [0.29, 0.717) is 19.6 Å². The second-order valence-electron chi connectivity index (χ2n) is 6.51. The van der Waals surface area contributed by atoms with Crippen LogP contribution in [0.3, 0.4) is 0 Å². The number of carbonyl (C=O) groups is 1. The predicted molar refractivity (Wildman–Crippen MR) is 106 cm³/mol. The number of nitrogens with one attached hydrogen (secondary N) is 1. The van der Waals surface area contributed by atoms with Crippen molar-refractivity contribution in [3.8, 4) is 17.2 Å². The van der Waals surface area contributed by atoms with Crippen LogP contribution in [0.15, 0.2) is 72.8 Å². The van der Waals surface area contributed by atoms with Gasteiger partial charge in [0.1, 0.15) is 17.2 Å². The number of amides is 2. The van der Waals surface area contributed by atoms with Gasteiger partial charge in [0.2, 0.25) is 0 Å². The van der Waals surface area contributed by atoms with E-state index in [1.807, 2.05) is 0 Å². The molecule has 0 saturated heterocycles. The summed E-state index contributed by atoms with van der Waals surface area (Å²) in [6, 6.07) is 19.8. The number of aromatic hydroxyl groups is 3. The fourth-order valence-corrected chi connectivity index (χ4v) is 2.75. The van der Waals surface area contributed by atoms with E-state index in [9.17, 15) is 20.1 Å². The molecule has 0 atom stereocenters. The minimum absolute atomic E-state index is 0.172. The van der Waals surface area contributed by atoms with Gasteiger partial charge >= 0.3 is 6.03 Å². The number of phenols is 3. The first-order valence-electron chi connectivity index (χ1n) is 8.86. The first-order chi connectivity index (χ1) is 13.5. The van der Waals surface area contributed by atoms with Gasteiger partial charge in [-0.15, -0.1) is 0 Å². The van der Waals surface area contributed by atoms with Crippen molar-refractivity contribution < 1.29 is 20.1 Å². The molecular formula is C22H22N2O4. The van der Waals surface area contributed by atoms with Crippen LogP contribution in [0.5, 0.6) is 17.2 Å². The summed E-state index contributed by atoms with van der Waals surface area (Å²) in [6.07, 6.45) is 0. The number of hydrogen-bond acceptors (Lipinski definition) is 4. The highest BCUT2D eigenvalue weighted by Gasteiger charge is 2.15. The summed E-state index contributed by atoms with van der Waals surface area (Å²) in [4.78, 5) is 14.4. The average molecular weight is 378 g/mol. The zero-order valence-electron chi connectivity index (χ0n) is 15.2. The Morgan fingerprint density at radius 1 is 0.643 bits per heavy atom. The molecule has 3 aromatic carbocycles. The highest BCUT2D eigenvalue weighted by atomic mass is 16.3. The Bertz CT molecular complexity index is 859. The van der Waals surface area contributed by atoms with Gasteiger partial charge in [0.15, 0.2) is 0 Å². The third-order valence-corrected chi connectivity index (χ3v) is 4.29. The smallest absolute Gasteiger partial charge is 0.318 e. The first kappa shape index (κ1) is 19.1. The molecule has 0 spiro atoms. The molecule has 0 unspecified atom stereocenters. The van der Waals surface area contributed by atoms with Gasteiger partial charge in [0, 0.05) is 19.6 Å². The van der Waals surface area contributed by atoms with Crippen LogP contribution in [0.2, 0.25) is 0 Å². The van der Waals surface area contributed by atoms with Crippen LogP contribution in [-0.4, -0.2) is 26.3 Å². The summed E-state index contributed by atoms with van der Waals surface area (Å²) >= 11 is 0. The second kappa shape index (κ2) is 8.81. The van der Waals surface area contributed by atoms with Crippen molar-refractivity contribution in [2.75, 3.05) is 0 Å². The molecule has 6 nitrogen and oxygen atoms in total. The molecular weight excluding hydrogens is 356 g/mol. The molecule has 3 aromatic rings. The van der Waals surface area contributed by atoms with E-state index in [1.165, 1.54) is 0 Å². The molecule has 0 radical (unpaired) electrons. The lowest BCUT2D eigenvalue weighted by Gasteiger charge is -2.23. The van der Waals surface area contributed by atoms with Crippen LogP contribution in [-0.2, 0) is 19.6 Å². The zero-order valence-corrected chi connectivity index (χ0v) is 15.2. The van der Waals surface area contributed by atoms with Gasteiger partial charge in [-0.3, -0.25) is 0 Å². The third-order valence-electron chi connectivity index (χ3n) is 4.29. The van der Waals surface area contributed by atoms with E-state index in [4.69, 9.17) is 0 Å². The monoisotopic (exact) mass is 378 g/mol. The Hall–Kier alpha value is -3.67. The van der Waals surface area contributed by atoms with Gasteiger partial charge in [-0.05, 0) is 53.1 Å². The Morgan fingerprint density at radius 3 is 1.39 bits per heavy atom. The predicted octanol–water partition coefficient (Wildman–Crippen LogP) is 3.72. The van der Waals surface area contributed by atoms with E-state index in [2.05, 4.69) is 5.32 Å². The molecule has 0 fully saturated rings. The number of carbonyl (C=O) groups excluding carboxylic acids is 1. The molecule has 0 aliphatic rings. The SMILES string of the molecule is O=C(NCc1ccc(O)cc1)N(Cc1ccc(O)cc1)Cc1ccc(O)cc1. The van der Waals surface area contributed by atoms with Crippen molar-refractivity contribution in [2.45, 2.75) is 19.6 Å². The van der Waals surface area contributed by atoms with Crippen LogP contribution in [0.4, 0.5) is 4.79 Å². The van der Waals surface area contributed by atoms with Gasteiger partial charge in [0.25, 0.3) is 0 Å². The number of phenolic OH excluding ortho intramolecular Hbond substituents is 3. The number of hydrogen-bond donors (Lipinski definition) is 4. The molecule has 28 heavy (non-hydrogen) atoms. The lowest BCUT2D eigenvalue weighted by atomic mass is 10.1. The minimum atomic E-state index is -0.241. The fourth-order valence-electron chi connectivity index (χ4n) is 2.75. The Labute approximate surface area is 163 Å². The minimum Gasteiger partial charge on any atom is -0.508 e. The van der Waals surface area contributed by atoms with Gasteiger partial charge in [0.05, 0.1) is 0 Å². The van der Waals surface area contributed by atoms with E-state index >= 15 is 0 Å². The van der Waals surface area contributed by atoms with E-state index in [-0.39, 0.29) is 23.3 Å². The summed E-state index contributed by atoms with van der Waals surface area (Å²) in [6.45, 7) is 1.06. The number of urea groups is 1. The van der Waals surface area contributed by atoms with Gasteiger partial charge < -0.3 is 25.5 Å². The molecule has 4 N–H and O–H groups in total. The van der Waals surface area contributed by atoms with Crippen molar-refractivity contribution in [2.24, 2.45) is 0 Å². The summed E-state index contributed by atoms with van der Waals surface area (Å²) in [5.74, 6) is 0.521. The molecule has 0 heterocycles. The Balaban J connectivity index is 1.71. The van der Waals surface area contributed by atoms with Crippen molar-refractivity contribution >= 4 is 6.03 Å². The molecule has 6 heteroatoms.